The average Bonchev–Trinajstić information content (AvgIpc) is 2.67. The predicted molar refractivity (Wildman–Crippen MR) is 96.4 cm³/mol. The molecule has 1 aliphatic rings. The second kappa shape index (κ2) is 6.87. The molecule has 0 radical (unpaired) electrons. The fourth-order valence-corrected chi connectivity index (χ4v) is 3.20. The van der Waals surface area contributed by atoms with Crippen LogP contribution >= 0.6 is 0 Å². The van der Waals surface area contributed by atoms with E-state index in [1.54, 1.807) is 6.20 Å². The van der Waals surface area contributed by atoms with E-state index >= 15 is 0 Å². The Morgan fingerprint density at radius 3 is 2.62 bits per heavy atom. The maximum absolute atomic E-state index is 5.80. The van der Waals surface area contributed by atoms with Gasteiger partial charge in [-0.05, 0) is 43.0 Å². The zero-order chi connectivity index (χ0) is 16.2. The van der Waals surface area contributed by atoms with Gasteiger partial charge in [-0.1, -0.05) is 24.3 Å². The Kier molecular flexibility index (Phi) is 4.28. The summed E-state index contributed by atoms with van der Waals surface area (Å²) in [5.74, 6) is 2.39. The summed E-state index contributed by atoms with van der Waals surface area (Å²) in [5.41, 5.74) is 1.07. The number of pyridine rings is 2. The van der Waals surface area contributed by atoms with E-state index in [0.717, 1.165) is 49.8 Å². The highest BCUT2D eigenvalue weighted by molar-refractivity contribution is 5.80. The second-order valence-electron chi connectivity index (χ2n) is 6.27. The molecule has 0 atom stereocenters. The molecule has 1 saturated heterocycles. The number of rotatable bonds is 4. The molecule has 0 saturated carbocycles. The number of para-hydroxylation sites is 1. The van der Waals surface area contributed by atoms with Gasteiger partial charge >= 0.3 is 0 Å². The highest BCUT2D eigenvalue weighted by Crippen LogP contribution is 2.24. The minimum atomic E-state index is 0.587. The van der Waals surface area contributed by atoms with Gasteiger partial charge in [0.15, 0.2) is 0 Å². The molecule has 1 aromatic carbocycles. The van der Waals surface area contributed by atoms with Crippen molar-refractivity contribution in [3.05, 3.63) is 60.8 Å². The lowest BCUT2D eigenvalue weighted by Gasteiger charge is -2.32. The van der Waals surface area contributed by atoms with Crippen molar-refractivity contribution in [1.29, 1.82) is 0 Å². The first-order valence-corrected chi connectivity index (χ1v) is 8.53. The maximum Gasteiger partial charge on any atom is 0.213 e. The van der Waals surface area contributed by atoms with Crippen molar-refractivity contribution in [2.45, 2.75) is 12.8 Å². The molecule has 4 nitrogen and oxygen atoms in total. The molecule has 122 valence electrons. The van der Waals surface area contributed by atoms with Crippen LogP contribution in [0.2, 0.25) is 0 Å². The van der Waals surface area contributed by atoms with Crippen LogP contribution in [0.25, 0.3) is 10.9 Å². The number of hydrogen-bond acceptors (Lipinski definition) is 4. The minimum absolute atomic E-state index is 0.587. The number of nitrogens with zero attached hydrogens (tertiary/aromatic N) is 3. The summed E-state index contributed by atoms with van der Waals surface area (Å²) < 4.78 is 5.80. The van der Waals surface area contributed by atoms with Gasteiger partial charge in [-0.15, -0.1) is 0 Å². The molecule has 4 rings (SSSR count). The van der Waals surface area contributed by atoms with Crippen molar-refractivity contribution in [3.8, 4) is 5.88 Å². The van der Waals surface area contributed by atoms with Crippen LogP contribution in [-0.4, -0.2) is 29.7 Å². The van der Waals surface area contributed by atoms with Crippen molar-refractivity contribution >= 4 is 16.7 Å². The highest BCUT2D eigenvalue weighted by Gasteiger charge is 2.21. The number of ether oxygens (including phenoxy) is 1. The number of hydrogen-bond donors (Lipinski definition) is 0. The molecule has 3 aromatic rings. The van der Waals surface area contributed by atoms with Crippen molar-refractivity contribution in [3.63, 3.8) is 0 Å². The molecular weight excluding hydrogens is 298 g/mol. The molecule has 0 aliphatic carbocycles. The predicted octanol–water partition coefficient (Wildman–Crippen LogP) is 3.93. The Morgan fingerprint density at radius 2 is 1.79 bits per heavy atom. The number of piperidine rings is 1. The van der Waals surface area contributed by atoms with Crippen molar-refractivity contribution in [2.24, 2.45) is 5.92 Å². The Bertz CT molecular complexity index is 798. The van der Waals surface area contributed by atoms with E-state index in [9.17, 15) is 0 Å². The first-order chi connectivity index (χ1) is 11.9. The third-order valence-corrected chi connectivity index (χ3v) is 4.63. The first kappa shape index (κ1) is 14.9. The van der Waals surface area contributed by atoms with Gasteiger partial charge in [0.05, 0.1) is 12.1 Å². The molecule has 1 aliphatic heterocycles. The number of aromatic nitrogens is 2. The summed E-state index contributed by atoms with van der Waals surface area (Å²) in [7, 11) is 0. The Labute approximate surface area is 142 Å². The zero-order valence-corrected chi connectivity index (χ0v) is 13.6. The molecular formula is C20H21N3O. The Hall–Kier alpha value is -2.62. The van der Waals surface area contributed by atoms with Crippen LogP contribution in [0.5, 0.6) is 5.88 Å². The van der Waals surface area contributed by atoms with E-state index in [4.69, 9.17) is 9.72 Å². The first-order valence-electron chi connectivity index (χ1n) is 8.53. The molecule has 0 amide bonds. The summed E-state index contributed by atoms with van der Waals surface area (Å²) in [6.45, 7) is 2.80. The van der Waals surface area contributed by atoms with Gasteiger partial charge in [0.25, 0.3) is 0 Å². The van der Waals surface area contributed by atoms with Gasteiger partial charge in [0, 0.05) is 30.7 Å². The molecule has 0 spiro atoms. The van der Waals surface area contributed by atoms with Crippen LogP contribution < -0.4 is 9.64 Å². The SMILES string of the molecule is c1ccc(OCC2CCN(c3ccc4ccccc4n3)CC2)nc1. The van der Waals surface area contributed by atoms with E-state index in [-0.39, 0.29) is 0 Å². The van der Waals surface area contributed by atoms with E-state index < -0.39 is 0 Å². The largest absolute Gasteiger partial charge is 0.477 e. The summed E-state index contributed by atoms with van der Waals surface area (Å²) in [6.07, 6.45) is 4.02. The van der Waals surface area contributed by atoms with Gasteiger partial charge in [0.1, 0.15) is 5.82 Å². The number of anilines is 1. The van der Waals surface area contributed by atoms with Crippen LogP contribution in [0, 0.1) is 5.92 Å². The van der Waals surface area contributed by atoms with Crippen LogP contribution in [0.3, 0.4) is 0 Å². The monoisotopic (exact) mass is 319 g/mol. The molecule has 2 aromatic heterocycles. The summed E-state index contributed by atoms with van der Waals surface area (Å²) in [5, 5.41) is 1.19. The van der Waals surface area contributed by atoms with Gasteiger partial charge < -0.3 is 9.64 Å². The van der Waals surface area contributed by atoms with E-state index in [1.165, 1.54) is 5.39 Å². The summed E-state index contributed by atoms with van der Waals surface area (Å²) in [6, 6.07) is 18.3. The van der Waals surface area contributed by atoms with Crippen LogP contribution in [-0.2, 0) is 0 Å². The molecule has 4 heteroatoms. The summed E-state index contributed by atoms with van der Waals surface area (Å²) in [4.78, 5) is 11.4. The third kappa shape index (κ3) is 3.32. The minimum Gasteiger partial charge on any atom is -0.477 e. The number of fused-ring (bicyclic) bond motifs is 1. The van der Waals surface area contributed by atoms with E-state index in [2.05, 4.69) is 40.2 Å². The quantitative estimate of drug-likeness (QED) is 0.730. The smallest absolute Gasteiger partial charge is 0.213 e. The van der Waals surface area contributed by atoms with Crippen LogP contribution in [0.15, 0.2) is 60.8 Å². The molecule has 24 heavy (non-hydrogen) atoms. The second-order valence-corrected chi connectivity index (χ2v) is 6.27. The Balaban J connectivity index is 1.35. The highest BCUT2D eigenvalue weighted by atomic mass is 16.5. The third-order valence-electron chi connectivity index (χ3n) is 4.63. The maximum atomic E-state index is 5.80. The fourth-order valence-electron chi connectivity index (χ4n) is 3.20. The number of benzene rings is 1. The topological polar surface area (TPSA) is 38.2 Å². The van der Waals surface area contributed by atoms with Gasteiger partial charge in [-0.3, -0.25) is 0 Å². The molecule has 0 unspecified atom stereocenters. The normalized spacial score (nSPS) is 15.6. The fraction of sp³-hybridized carbons (Fsp3) is 0.300. The molecule has 0 N–H and O–H groups in total. The average molecular weight is 319 g/mol. The van der Waals surface area contributed by atoms with Crippen molar-refractivity contribution < 1.29 is 4.74 Å². The van der Waals surface area contributed by atoms with Gasteiger partial charge in [-0.2, -0.15) is 0 Å². The van der Waals surface area contributed by atoms with Crippen molar-refractivity contribution in [2.75, 3.05) is 24.6 Å². The van der Waals surface area contributed by atoms with E-state index in [1.807, 2.05) is 24.3 Å². The standard InChI is InChI=1S/C20H21N3O/c1-2-6-18-17(5-1)8-9-19(22-18)23-13-10-16(11-14-23)15-24-20-7-3-4-12-21-20/h1-9,12,16H,10-11,13-15H2. The van der Waals surface area contributed by atoms with Crippen molar-refractivity contribution in [1.82, 2.24) is 9.97 Å². The van der Waals surface area contributed by atoms with Gasteiger partial charge in [-0.25, -0.2) is 9.97 Å². The molecule has 3 heterocycles. The lowest BCUT2D eigenvalue weighted by Crippen LogP contribution is -2.36. The molecule has 0 bridgehead atoms. The Morgan fingerprint density at radius 1 is 0.958 bits per heavy atom. The van der Waals surface area contributed by atoms with Crippen LogP contribution in [0.4, 0.5) is 5.82 Å². The van der Waals surface area contributed by atoms with Gasteiger partial charge in [0.2, 0.25) is 5.88 Å². The van der Waals surface area contributed by atoms with E-state index in [0.29, 0.717) is 5.92 Å². The summed E-state index contributed by atoms with van der Waals surface area (Å²) >= 11 is 0. The zero-order valence-electron chi connectivity index (χ0n) is 13.6. The lowest BCUT2D eigenvalue weighted by molar-refractivity contribution is 0.216. The van der Waals surface area contributed by atoms with Crippen LogP contribution in [0.1, 0.15) is 12.8 Å². The molecule has 1 fully saturated rings. The lowest BCUT2D eigenvalue weighted by atomic mass is 9.98.